The number of nitrogens with one attached hydrogen (secondary N) is 2. The van der Waals surface area contributed by atoms with Gasteiger partial charge in [-0.1, -0.05) is 0 Å². The number of hydrogen-bond acceptors (Lipinski definition) is 4. The molecule has 1 aromatic carbocycles. The second-order valence-electron chi connectivity index (χ2n) is 4.92. The van der Waals surface area contributed by atoms with E-state index in [0.29, 0.717) is 13.0 Å². The highest BCUT2D eigenvalue weighted by atomic mass is 16.2. The normalized spacial score (nSPS) is 14.6. The van der Waals surface area contributed by atoms with E-state index in [2.05, 4.69) is 15.5 Å². The van der Waals surface area contributed by atoms with Crippen LogP contribution < -0.4 is 20.4 Å². The number of benzene rings is 1. The number of carbonyl (C=O) groups is 2. The van der Waals surface area contributed by atoms with Crippen molar-refractivity contribution in [2.45, 2.75) is 6.42 Å². The first kappa shape index (κ1) is 15.3. The molecule has 0 aliphatic carbocycles. The van der Waals surface area contributed by atoms with Crippen LogP contribution in [-0.4, -0.2) is 52.1 Å². The third-order valence-corrected chi connectivity index (χ3v) is 3.57. The van der Waals surface area contributed by atoms with E-state index >= 15 is 0 Å². The molecule has 0 saturated carbocycles. The molecule has 0 unspecified atom stereocenters. The molecule has 1 aromatic rings. The second kappa shape index (κ2) is 7.64. The minimum Gasteiger partial charge on any atom is -0.369 e. The van der Waals surface area contributed by atoms with Crippen molar-refractivity contribution in [2.24, 2.45) is 0 Å². The number of amides is 2. The molecular weight excluding hydrogens is 268 g/mol. The summed E-state index contributed by atoms with van der Waals surface area (Å²) in [6.07, 6.45) is 1.15. The minimum atomic E-state index is -0.202. The van der Waals surface area contributed by atoms with E-state index < -0.39 is 0 Å². The lowest BCUT2D eigenvalue weighted by molar-refractivity contribution is -0.107. The van der Waals surface area contributed by atoms with E-state index in [-0.39, 0.29) is 6.03 Å². The van der Waals surface area contributed by atoms with Gasteiger partial charge in [0.2, 0.25) is 0 Å². The van der Waals surface area contributed by atoms with E-state index in [1.54, 1.807) is 11.9 Å². The predicted octanol–water partition coefficient (Wildman–Crippen LogP) is 0.831. The first-order valence-electron chi connectivity index (χ1n) is 7.25. The maximum Gasteiger partial charge on any atom is 0.321 e. The lowest BCUT2D eigenvalue weighted by Crippen LogP contribution is -2.43. The lowest BCUT2D eigenvalue weighted by Gasteiger charge is -2.30. The molecule has 6 nitrogen and oxygen atoms in total. The third kappa shape index (κ3) is 3.95. The van der Waals surface area contributed by atoms with Crippen molar-refractivity contribution in [3.8, 4) is 0 Å². The van der Waals surface area contributed by atoms with Gasteiger partial charge in [0.05, 0.1) is 0 Å². The first-order chi connectivity index (χ1) is 10.3. The summed E-state index contributed by atoms with van der Waals surface area (Å²) in [5.74, 6) is 0. The molecule has 2 rings (SSSR count). The van der Waals surface area contributed by atoms with Gasteiger partial charge in [0.25, 0.3) is 0 Å². The summed E-state index contributed by atoms with van der Waals surface area (Å²) < 4.78 is 0. The third-order valence-electron chi connectivity index (χ3n) is 3.57. The van der Waals surface area contributed by atoms with Crippen LogP contribution in [0, 0.1) is 0 Å². The van der Waals surface area contributed by atoms with Crippen molar-refractivity contribution >= 4 is 23.7 Å². The SMILES string of the molecule is CNC(=O)N(CCC=O)c1ccc(N2CCNCC2)cc1. The lowest BCUT2D eigenvalue weighted by atomic mass is 10.2. The van der Waals surface area contributed by atoms with Crippen LogP contribution in [0.5, 0.6) is 0 Å². The highest BCUT2D eigenvalue weighted by Gasteiger charge is 2.15. The molecule has 1 aliphatic heterocycles. The highest BCUT2D eigenvalue weighted by Crippen LogP contribution is 2.21. The van der Waals surface area contributed by atoms with Crippen molar-refractivity contribution in [2.75, 3.05) is 49.6 Å². The number of piperazine rings is 1. The summed E-state index contributed by atoms with van der Waals surface area (Å²) in [7, 11) is 1.59. The van der Waals surface area contributed by atoms with Crippen LogP contribution in [0.2, 0.25) is 0 Å². The zero-order valence-electron chi connectivity index (χ0n) is 12.3. The Labute approximate surface area is 125 Å². The molecule has 0 aromatic heterocycles. The quantitative estimate of drug-likeness (QED) is 0.789. The zero-order valence-corrected chi connectivity index (χ0v) is 12.3. The fourth-order valence-electron chi connectivity index (χ4n) is 2.43. The van der Waals surface area contributed by atoms with Gasteiger partial charge in [0, 0.05) is 57.6 Å². The van der Waals surface area contributed by atoms with Gasteiger partial charge in [0.1, 0.15) is 6.29 Å². The number of urea groups is 1. The maximum atomic E-state index is 11.9. The van der Waals surface area contributed by atoms with Crippen molar-refractivity contribution in [1.82, 2.24) is 10.6 Å². The molecule has 1 fully saturated rings. The Kier molecular flexibility index (Phi) is 5.57. The highest BCUT2D eigenvalue weighted by molar-refractivity contribution is 5.92. The van der Waals surface area contributed by atoms with Crippen LogP contribution in [0.25, 0.3) is 0 Å². The summed E-state index contributed by atoms with van der Waals surface area (Å²) in [4.78, 5) is 26.3. The standard InChI is InChI=1S/C15H22N4O2/c1-16-15(21)19(9-2-12-20)14-5-3-13(4-6-14)18-10-7-17-8-11-18/h3-6,12,17H,2,7-11H2,1H3,(H,16,21). The first-order valence-corrected chi connectivity index (χ1v) is 7.25. The van der Waals surface area contributed by atoms with E-state index in [9.17, 15) is 9.59 Å². The van der Waals surface area contributed by atoms with E-state index in [1.165, 1.54) is 0 Å². The Morgan fingerprint density at radius 2 is 2.00 bits per heavy atom. The summed E-state index contributed by atoms with van der Waals surface area (Å²) in [5.41, 5.74) is 1.96. The van der Waals surface area contributed by atoms with Gasteiger partial charge in [-0.15, -0.1) is 0 Å². The fourth-order valence-corrected chi connectivity index (χ4v) is 2.43. The van der Waals surface area contributed by atoms with Gasteiger partial charge in [-0.2, -0.15) is 0 Å². The molecule has 2 amide bonds. The Bertz CT molecular complexity index is 469. The number of hydrogen-bond donors (Lipinski definition) is 2. The Morgan fingerprint density at radius 3 is 2.57 bits per heavy atom. The molecule has 1 aliphatic rings. The van der Waals surface area contributed by atoms with Crippen LogP contribution in [0.3, 0.4) is 0 Å². The zero-order chi connectivity index (χ0) is 15.1. The molecule has 6 heteroatoms. The van der Waals surface area contributed by atoms with E-state index in [1.807, 2.05) is 24.3 Å². The van der Waals surface area contributed by atoms with E-state index in [4.69, 9.17) is 0 Å². The molecule has 0 bridgehead atoms. The average molecular weight is 290 g/mol. The summed E-state index contributed by atoms with van der Waals surface area (Å²) >= 11 is 0. The van der Waals surface area contributed by atoms with Crippen LogP contribution in [0.1, 0.15) is 6.42 Å². The number of carbonyl (C=O) groups excluding carboxylic acids is 2. The Morgan fingerprint density at radius 1 is 1.33 bits per heavy atom. The predicted molar refractivity (Wildman–Crippen MR) is 84.0 cm³/mol. The van der Waals surface area contributed by atoms with Crippen molar-refractivity contribution in [1.29, 1.82) is 0 Å². The van der Waals surface area contributed by atoms with Crippen molar-refractivity contribution in [3.63, 3.8) is 0 Å². The summed E-state index contributed by atoms with van der Waals surface area (Å²) in [5, 5.41) is 5.93. The largest absolute Gasteiger partial charge is 0.369 e. The van der Waals surface area contributed by atoms with Gasteiger partial charge >= 0.3 is 6.03 Å². The van der Waals surface area contributed by atoms with Gasteiger partial charge in [-0.3, -0.25) is 4.90 Å². The van der Waals surface area contributed by atoms with Gasteiger partial charge in [-0.05, 0) is 24.3 Å². The number of anilines is 2. The fraction of sp³-hybridized carbons (Fsp3) is 0.467. The maximum absolute atomic E-state index is 11.9. The van der Waals surface area contributed by atoms with Crippen molar-refractivity contribution < 1.29 is 9.59 Å². The smallest absolute Gasteiger partial charge is 0.321 e. The Hall–Kier alpha value is -2.08. The second-order valence-corrected chi connectivity index (χ2v) is 4.92. The molecule has 1 heterocycles. The van der Waals surface area contributed by atoms with Crippen molar-refractivity contribution in [3.05, 3.63) is 24.3 Å². The van der Waals surface area contributed by atoms with E-state index in [0.717, 1.165) is 43.8 Å². The molecule has 114 valence electrons. The molecule has 0 spiro atoms. The molecule has 0 atom stereocenters. The topological polar surface area (TPSA) is 64.7 Å². The number of rotatable bonds is 5. The number of nitrogens with zero attached hydrogens (tertiary/aromatic N) is 2. The summed E-state index contributed by atoms with van der Waals surface area (Å²) in [6.45, 7) is 4.35. The molecule has 0 radical (unpaired) electrons. The molecule has 1 saturated heterocycles. The average Bonchev–Trinajstić information content (AvgIpc) is 2.56. The van der Waals surface area contributed by atoms with Gasteiger partial charge < -0.3 is 20.3 Å². The van der Waals surface area contributed by atoms with Gasteiger partial charge in [0.15, 0.2) is 0 Å². The monoisotopic (exact) mass is 290 g/mol. The molecule has 21 heavy (non-hydrogen) atoms. The number of aldehydes is 1. The van der Waals surface area contributed by atoms with Crippen LogP contribution in [0.15, 0.2) is 24.3 Å². The molecule has 2 N–H and O–H groups in total. The van der Waals surface area contributed by atoms with Crippen LogP contribution in [0.4, 0.5) is 16.2 Å². The van der Waals surface area contributed by atoms with Crippen LogP contribution in [-0.2, 0) is 4.79 Å². The minimum absolute atomic E-state index is 0.202. The van der Waals surface area contributed by atoms with Gasteiger partial charge in [-0.25, -0.2) is 4.79 Å². The van der Waals surface area contributed by atoms with Crippen LogP contribution >= 0.6 is 0 Å². The summed E-state index contributed by atoms with van der Waals surface area (Å²) in [6, 6.07) is 7.70. The Balaban J connectivity index is 2.10. The molecular formula is C15H22N4O2.